The third kappa shape index (κ3) is 3.74. The monoisotopic (exact) mass is 295 g/mol. The van der Waals surface area contributed by atoms with Crippen molar-refractivity contribution in [3.8, 4) is 0 Å². The van der Waals surface area contributed by atoms with Crippen molar-refractivity contribution in [2.24, 2.45) is 0 Å². The molecule has 1 aromatic carbocycles. The summed E-state index contributed by atoms with van der Waals surface area (Å²) in [7, 11) is 0. The van der Waals surface area contributed by atoms with Gasteiger partial charge in [0, 0.05) is 18.9 Å². The number of rotatable bonds is 2. The highest BCUT2D eigenvalue weighted by atomic mass is 35.5. The molecular weight excluding hydrogens is 272 g/mol. The lowest BCUT2D eigenvalue weighted by Crippen LogP contribution is -3.06. The molecule has 0 radical (unpaired) electrons. The molecule has 110 valence electrons. The zero-order valence-electron chi connectivity index (χ0n) is 12.7. The van der Waals surface area contributed by atoms with Gasteiger partial charge in [-0.05, 0) is 39.8 Å². The van der Waals surface area contributed by atoms with Crippen molar-refractivity contribution in [2.75, 3.05) is 0 Å². The van der Waals surface area contributed by atoms with E-state index in [4.69, 9.17) is 11.6 Å². The molecule has 0 atom stereocenters. The van der Waals surface area contributed by atoms with E-state index in [1.807, 2.05) is 12.1 Å². The van der Waals surface area contributed by atoms with Crippen LogP contribution in [0.5, 0.6) is 0 Å². The fraction of sp³-hybridized carbons (Fsp3) is 0.562. The van der Waals surface area contributed by atoms with Crippen LogP contribution in [-0.4, -0.2) is 23.0 Å². The molecule has 4 heteroatoms. The highest BCUT2D eigenvalue weighted by Crippen LogP contribution is 2.23. The first-order chi connectivity index (χ1) is 9.19. The normalized spacial score (nSPS) is 21.4. The van der Waals surface area contributed by atoms with E-state index in [0.29, 0.717) is 10.6 Å². The summed E-state index contributed by atoms with van der Waals surface area (Å²) in [6.07, 6.45) is 1.93. The molecule has 2 rings (SSSR count). The van der Waals surface area contributed by atoms with Gasteiger partial charge < -0.3 is 10.6 Å². The second-order valence-electron chi connectivity index (χ2n) is 7.18. The SMILES string of the molecule is CC1(C)CC(NC(=O)c2ccccc2Cl)CC(C)(C)[NH2+]1. The zero-order valence-corrected chi connectivity index (χ0v) is 13.4. The van der Waals surface area contributed by atoms with E-state index in [1.165, 1.54) is 0 Å². The molecule has 0 spiro atoms. The molecule has 1 aliphatic rings. The quantitative estimate of drug-likeness (QED) is 0.864. The van der Waals surface area contributed by atoms with Gasteiger partial charge in [-0.15, -0.1) is 0 Å². The average Bonchev–Trinajstić information content (AvgIpc) is 2.24. The first-order valence-electron chi connectivity index (χ1n) is 7.11. The molecule has 0 aromatic heterocycles. The lowest BCUT2D eigenvalue weighted by atomic mass is 9.79. The number of hydrogen-bond acceptors (Lipinski definition) is 1. The van der Waals surface area contributed by atoms with E-state index in [-0.39, 0.29) is 23.0 Å². The zero-order chi connectivity index (χ0) is 15.0. The van der Waals surface area contributed by atoms with Gasteiger partial charge in [-0.3, -0.25) is 4.79 Å². The minimum absolute atomic E-state index is 0.0749. The molecular formula is C16H24ClN2O+. The maximum atomic E-state index is 12.4. The van der Waals surface area contributed by atoms with Crippen molar-refractivity contribution in [3.63, 3.8) is 0 Å². The van der Waals surface area contributed by atoms with Gasteiger partial charge in [0.2, 0.25) is 0 Å². The van der Waals surface area contributed by atoms with Gasteiger partial charge in [-0.25, -0.2) is 0 Å². The van der Waals surface area contributed by atoms with Crippen molar-refractivity contribution in [1.82, 2.24) is 5.32 Å². The lowest BCUT2D eigenvalue weighted by molar-refractivity contribution is -0.787. The molecule has 1 aliphatic heterocycles. The van der Waals surface area contributed by atoms with E-state index < -0.39 is 0 Å². The fourth-order valence-electron chi connectivity index (χ4n) is 3.53. The number of piperidine rings is 1. The number of nitrogens with one attached hydrogen (secondary N) is 1. The Labute approximate surface area is 126 Å². The van der Waals surface area contributed by atoms with Gasteiger partial charge in [0.15, 0.2) is 0 Å². The molecule has 1 fully saturated rings. The number of carbonyl (C=O) groups is 1. The minimum Gasteiger partial charge on any atom is -0.349 e. The van der Waals surface area contributed by atoms with E-state index in [9.17, 15) is 4.79 Å². The predicted octanol–water partition coefficient (Wildman–Crippen LogP) is 2.35. The van der Waals surface area contributed by atoms with Gasteiger partial charge in [-0.1, -0.05) is 23.7 Å². The molecule has 0 saturated carbocycles. The molecule has 3 N–H and O–H groups in total. The van der Waals surface area contributed by atoms with E-state index in [0.717, 1.165) is 12.8 Å². The van der Waals surface area contributed by atoms with Crippen molar-refractivity contribution in [1.29, 1.82) is 0 Å². The summed E-state index contributed by atoms with van der Waals surface area (Å²) in [5.41, 5.74) is 0.833. The molecule has 0 aliphatic carbocycles. The molecule has 20 heavy (non-hydrogen) atoms. The Morgan fingerprint density at radius 3 is 2.30 bits per heavy atom. The summed E-state index contributed by atoms with van der Waals surface area (Å²) < 4.78 is 0. The molecule has 1 saturated heterocycles. The molecule has 3 nitrogen and oxygen atoms in total. The van der Waals surface area contributed by atoms with Crippen molar-refractivity contribution in [2.45, 2.75) is 57.7 Å². The van der Waals surface area contributed by atoms with Crippen LogP contribution in [0.25, 0.3) is 0 Å². The first kappa shape index (κ1) is 15.3. The standard InChI is InChI=1S/C16H23ClN2O/c1-15(2)9-11(10-16(3,4)19-15)18-14(20)12-7-5-6-8-13(12)17/h5-8,11,19H,9-10H2,1-4H3,(H,18,20)/p+1. The van der Waals surface area contributed by atoms with Crippen LogP contribution >= 0.6 is 11.6 Å². The van der Waals surface area contributed by atoms with Crippen molar-refractivity contribution >= 4 is 17.5 Å². The smallest absolute Gasteiger partial charge is 0.253 e. The first-order valence-corrected chi connectivity index (χ1v) is 7.49. The summed E-state index contributed by atoms with van der Waals surface area (Å²) >= 11 is 6.08. The number of halogens is 1. The second-order valence-corrected chi connectivity index (χ2v) is 7.59. The number of nitrogens with two attached hydrogens (primary N) is 1. The molecule has 1 aromatic rings. The van der Waals surface area contributed by atoms with Crippen LogP contribution in [0.3, 0.4) is 0 Å². The van der Waals surface area contributed by atoms with Crippen LogP contribution in [0.2, 0.25) is 5.02 Å². The van der Waals surface area contributed by atoms with Gasteiger partial charge in [-0.2, -0.15) is 0 Å². The van der Waals surface area contributed by atoms with E-state index >= 15 is 0 Å². The minimum atomic E-state index is -0.0749. The molecule has 1 heterocycles. The highest BCUT2D eigenvalue weighted by molar-refractivity contribution is 6.33. The number of carbonyl (C=O) groups excluding carboxylic acids is 1. The predicted molar refractivity (Wildman–Crippen MR) is 82.0 cm³/mol. The number of quaternary nitrogens is 1. The Balaban J connectivity index is 2.10. The number of hydrogen-bond donors (Lipinski definition) is 2. The fourth-order valence-corrected chi connectivity index (χ4v) is 3.75. The van der Waals surface area contributed by atoms with Crippen LogP contribution < -0.4 is 10.6 Å². The second kappa shape index (κ2) is 5.38. The van der Waals surface area contributed by atoms with Crippen LogP contribution in [0.15, 0.2) is 24.3 Å². The Bertz CT molecular complexity index is 495. The van der Waals surface area contributed by atoms with Crippen molar-refractivity contribution < 1.29 is 10.1 Å². The lowest BCUT2D eigenvalue weighted by Gasteiger charge is -2.43. The third-order valence-electron chi connectivity index (χ3n) is 3.78. The summed E-state index contributed by atoms with van der Waals surface area (Å²) in [6, 6.07) is 7.38. The van der Waals surface area contributed by atoms with Crippen LogP contribution in [0.1, 0.15) is 50.9 Å². The molecule has 0 unspecified atom stereocenters. The van der Waals surface area contributed by atoms with Crippen LogP contribution in [0, 0.1) is 0 Å². The molecule has 1 amide bonds. The maximum absolute atomic E-state index is 12.4. The van der Waals surface area contributed by atoms with Crippen molar-refractivity contribution in [3.05, 3.63) is 34.9 Å². The highest BCUT2D eigenvalue weighted by Gasteiger charge is 2.42. The van der Waals surface area contributed by atoms with E-state index in [1.54, 1.807) is 12.1 Å². The topological polar surface area (TPSA) is 45.7 Å². The number of benzene rings is 1. The van der Waals surface area contributed by atoms with Gasteiger partial charge in [0.1, 0.15) is 0 Å². The van der Waals surface area contributed by atoms with Crippen LogP contribution in [0.4, 0.5) is 0 Å². The van der Waals surface area contributed by atoms with E-state index in [2.05, 4.69) is 38.3 Å². The summed E-state index contributed by atoms with van der Waals surface area (Å²) in [4.78, 5) is 12.4. The Morgan fingerprint density at radius 2 is 1.75 bits per heavy atom. The Hall–Kier alpha value is -1.06. The summed E-state index contributed by atoms with van der Waals surface area (Å²) in [5.74, 6) is -0.0749. The van der Waals surface area contributed by atoms with Crippen LogP contribution in [-0.2, 0) is 0 Å². The summed E-state index contributed by atoms with van der Waals surface area (Å²) in [5, 5.41) is 6.05. The third-order valence-corrected chi connectivity index (χ3v) is 4.11. The largest absolute Gasteiger partial charge is 0.349 e. The Kier molecular flexibility index (Phi) is 4.12. The maximum Gasteiger partial charge on any atom is 0.253 e. The van der Waals surface area contributed by atoms with Gasteiger partial charge in [0.05, 0.1) is 21.7 Å². The molecule has 0 bridgehead atoms. The Morgan fingerprint density at radius 1 is 1.20 bits per heavy atom. The average molecular weight is 296 g/mol. The summed E-state index contributed by atoms with van der Waals surface area (Å²) in [6.45, 7) is 8.90. The number of amides is 1. The van der Waals surface area contributed by atoms with Gasteiger partial charge in [0.25, 0.3) is 5.91 Å². The van der Waals surface area contributed by atoms with Gasteiger partial charge >= 0.3 is 0 Å².